The molecule has 2 heteroatoms. The van der Waals surface area contributed by atoms with E-state index in [1.54, 1.807) is 12.4 Å². The van der Waals surface area contributed by atoms with Crippen LogP contribution in [0.25, 0.3) is 0 Å². The molecule has 0 aliphatic heterocycles. The van der Waals surface area contributed by atoms with Gasteiger partial charge < -0.3 is 5.32 Å². The van der Waals surface area contributed by atoms with E-state index in [4.69, 9.17) is 0 Å². The van der Waals surface area contributed by atoms with Crippen LogP contribution in [0.1, 0.15) is 13.8 Å². The van der Waals surface area contributed by atoms with Crippen molar-refractivity contribution in [2.45, 2.75) is 13.8 Å². The predicted molar refractivity (Wildman–Crippen MR) is 51.8 cm³/mol. The minimum atomic E-state index is 0.457. The van der Waals surface area contributed by atoms with Crippen molar-refractivity contribution >= 4 is 5.69 Å². The molecule has 0 aliphatic rings. The second-order valence-corrected chi connectivity index (χ2v) is 3.04. The Labute approximate surface area is 73.3 Å². The first-order chi connectivity index (χ1) is 5.70. The summed E-state index contributed by atoms with van der Waals surface area (Å²) in [5.74, 6) is 0.457. The van der Waals surface area contributed by atoms with Crippen LogP contribution in [-0.4, -0.2) is 4.98 Å². The largest absolute Gasteiger partial charge is 0.359 e. The molecule has 0 saturated heterocycles. The van der Waals surface area contributed by atoms with Gasteiger partial charge in [0, 0.05) is 23.8 Å². The van der Waals surface area contributed by atoms with Crippen LogP contribution in [0, 0.1) is 5.92 Å². The highest BCUT2D eigenvalue weighted by atomic mass is 14.9. The average Bonchev–Trinajstić information content (AvgIpc) is 2.06. The van der Waals surface area contributed by atoms with Crippen LogP contribution in [0.4, 0.5) is 5.69 Å². The zero-order valence-electron chi connectivity index (χ0n) is 7.54. The molecule has 1 aromatic rings. The molecule has 2 nitrogen and oxygen atoms in total. The summed E-state index contributed by atoms with van der Waals surface area (Å²) in [7, 11) is 0. The molecule has 0 fully saturated rings. The highest BCUT2D eigenvalue weighted by molar-refractivity contribution is 5.46. The van der Waals surface area contributed by atoms with Crippen molar-refractivity contribution in [3.8, 4) is 0 Å². The Bertz CT molecular complexity index is 252. The first kappa shape index (κ1) is 8.78. The van der Waals surface area contributed by atoms with Crippen molar-refractivity contribution in [2.75, 3.05) is 5.32 Å². The van der Waals surface area contributed by atoms with Gasteiger partial charge in [0.25, 0.3) is 0 Å². The zero-order chi connectivity index (χ0) is 8.97. The van der Waals surface area contributed by atoms with E-state index in [-0.39, 0.29) is 0 Å². The Morgan fingerprint density at radius 1 is 1.42 bits per heavy atom. The number of nitrogens with one attached hydrogen (secondary N) is 1. The number of allylic oxidation sites excluding steroid dienone is 1. The normalized spacial score (nSPS) is 9.92. The molecular weight excluding hydrogens is 148 g/mol. The Morgan fingerprint density at radius 2 is 2.00 bits per heavy atom. The fourth-order valence-electron chi connectivity index (χ4n) is 0.765. The van der Waals surface area contributed by atoms with Crippen LogP contribution in [0.2, 0.25) is 0 Å². The number of anilines is 1. The summed E-state index contributed by atoms with van der Waals surface area (Å²) in [6, 6.07) is 3.85. The van der Waals surface area contributed by atoms with Gasteiger partial charge in [-0.1, -0.05) is 20.4 Å². The van der Waals surface area contributed by atoms with Crippen LogP contribution in [0.5, 0.6) is 0 Å². The summed E-state index contributed by atoms with van der Waals surface area (Å²) in [6.45, 7) is 8.13. The van der Waals surface area contributed by atoms with Crippen molar-refractivity contribution in [3.63, 3.8) is 0 Å². The maximum Gasteiger partial charge on any atom is 0.0412 e. The fraction of sp³-hybridized carbons (Fsp3) is 0.300. The summed E-state index contributed by atoms with van der Waals surface area (Å²) in [5, 5.41) is 3.21. The molecule has 0 bridgehead atoms. The maximum atomic E-state index is 3.93. The molecule has 1 aromatic heterocycles. The molecule has 0 aromatic carbocycles. The van der Waals surface area contributed by atoms with E-state index in [0.717, 1.165) is 11.4 Å². The second-order valence-electron chi connectivity index (χ2n) is 3.04. The molecule has 0 aliphatic carbocycles. The number of aromatic nitrogens is 1. The Hall–Kier alpha value is -1.31. The first-order valence-electron chi connectivity index (χ1n) is 4.06. The molecule has 64 valence electrons. The lowest BCUT2D eigenvalue weighted by Crippen LogP contribution is -2.03. The smallest absolute Gasteiger partial charge is 0.0412 e. The minimum Gasteiger partial charge on any atom is -0.359 e. The molecule has 0 radical (unpaired) electrons. The van der Waals surface area contributed by atoms with E-state index < -0.39 is 0 Å². The third kappa shape index (κ3) is 2.38. The molecule has 0 amide bonds. The average molecular weight is 162 g/mol. The van der Waals surface area contributed by atoms with E-state index in [1.165, 1.54) is 0 Å². The third-order valence-corrected chi connectivity index (χ3v) is 1.68. The highest BCUT2D eigenvalue weighted by Crippen LogP contribution is 2.12. The lowest BCUT2D eigenvalue weighted by atomic mass is 10.1. The van der Waals surface area contributed by atoms with Crippen molar-refractivity contribution in [1.29, 1.82) is 0 Å². The summed E-state index contributed by atoms with van der Waals surface area (Å²) in [5.41, 5.74) is 2.07. The Balaban J connectivity index is 2.59. The fourth-order valence-corrected chi connectivity index (χ4v) is 0.765. The van der Waals surface area contributed by atoms with Gasteiger partial charge in [0.2, 0.25) is 0 Å². The van der Waals surface area contributed by atoms with Crippen LogP contribution in [0.15, 0.2) is 36.8 Å². The molecule has 1 N–H and O–H groups in total. The summed E-state index contributed by atoms with van der Waals surface area (Å²) >= 11 is 0. The van der Waals surface area contributed by atoms with Gasteiger partial charge in [0.05, 0.1) is 0 Å². The second kappa shape index (κ2) is 3.90. The third-order valence-electron chi connectivity index (χ3n) is 1.68. The SMILES string of the molecule is C=C(Nc1ccncc1)C(C)C. The molecule has 0 saturated carbocycles. The molecule has 0 atom stereocenters. The number of pyridine rings is 1. The van der Waals surface area contributed by atoms with Gasteiger partial charge in [0.1, 0.15) is 0 Å². The standard InChI is InChI=1S/C10H14N2/c1-8(2)9(3)12-10-4-6-11-7-5-10/h4-8H,3H2,1-2H3,(H,11,12). The van der Waals surface area contributed by atoms with Crippen LogP contribution < -0.4 is 5.32 Å². The van der Waals surface area contributed by atoms with Crippen molar-refractivity contribution < 1.29 is 0 Å². The van der Waals surface area contributed by atoms with Gasteiger partial charge in [-0.3, -0.25) is 4.98 Å². The van der Waals surface area contributed by atoms with E-state index in [0.29, 0.717) is 5.92 Å². The highest BCUT2D eigenvalue weighted by Gasteiger charge is 1.98. The van der Waals surface area contributed by atoms with Crippen LogP contribution in [-0.2, 0) is 0 Å². The number of hydrogen-bond donors (Lipinski definition) is 1. The van der Waals surface area contributed by atoms with Gasteiger partial charge in [0.15, 0.2) is 0 Å². The van der Waals surface area contributed by atoms with Crippen molar-refractivity contribution in [2.24, 2.45) is 5.92 Å². The number of rotatable bonds is 3. The van der Waals surface area contributed by atoms with E-state index in [2.05, 4.69) is 30.7 Å². The minimum absolute atomic E-state index is 0.457. The summed E-state index contributed by atoms with van der Waals surface area (Å²) in [4.78, 5) is 3.93. The van der Waals surface area contributed by atoms with Gasteiger partial charge in [-0.25, -0.2) is 0 Å². The maximum absolute atomic E-state index is 3.93. The van der Waals surface area contributed by atoms with Crippen molar-refractivity contribution in [3.05, 3.63) is 36.8 Å². The molecule has 0 unspecified atom stereocenters. The Morgan fingerprint density at radius 3 is 2.50 bits per heavy atom. The summed E-state index contributed by atoms with van der Waals surface area (Å²) in [6.07, 6.45) is 3.52. The molecule has 0 spiro atoms. The topological polar surface area (TPSA) is 24.9 Å². The van der Waals surface area contributed by atoms with Crippen molar-refractivity contribution in [1.82, 2.24) is 4.98 Å². The summed E-state index contributed by atoms with van der Waals surface area (Å²) < 4.78 is 0. The van der Waals surface area contributed by atoms with E-state index in [1.807, 2.05) is 12.1 Å². The van der Waals surface area contributed by atoms with Crippen LogP contribution in [0.3, 0.4) is 0 Å². The molecular formula is C10H14N2. The Kier molecular flexibility index (Phi) is 2.86. The molecule has 1 heterocycles. The monoisotopic (exact) mass is 162 g/mol. The van der Waals surface area contributed by atoms with Gasteiger partial charge in [-0.15, -0.1) is 0 Å². The van der Waals surface area contributed by atoms with Gasteiger partial charge >= 0.3 is 0 Å². The zero-order valence-corrected chi connectivity index (χ0v) is 7.54. The van der Waals surface area contributed by atoms with E-state index >= 15 is 0 Å². The molecule has 12 heavy (non-hydrogen) atoms. The quantitative estimate of drug-likeness (QED) is 0.739. The molecule has 1 rings (SSSR count). The van der Waals surface area contributed by atoms with Crippen LogP contribution >= 0.6 is 0 Å². The lowest BCUT2D eigenvalue weighted by molar-refractivity contribution is 0.778. The lowest BCUT2D eigenvalue weighted by Gasteiger charge is -2.11. The predicted octanol–water partition coefficient (Wildman–Crippen LogP) is 2.66. The first-order valence-corrected chi connectivity index (χ1v) is 4.06. The van der Waals surface area contributed by atoms with Gasteiger partial charge in [-0.05, 0) is 18.1 Å². The van der Waals surface area contributed by atoms with E-state index in [9.17, 15) is 0 Å². The number of nitrogens with zero attached hydrogens (tertiary/aromatic N) is 1. The van der Waals surface area contributed by atoms with Gasteiger partial charge in [-0.2, -0.15) is 0 Å². The number of hydrogen-bond acceptors (Lipinski definition) is 2.